The lowest BCUT2D eigenvalue weighted by atomic mass is 10.0. The number of pyridine rings is 1. The number of nitrogens with zero attached hydrogens (tertiary/aromatic N) is 3. The number of carbonyl (C=O) groups is 1. The van der Waals surface area contributed by atoms with Gasteiger partial charge in [-0.25, -0.2) is 4.39 Å². The maximum Gasteiger partial charge on any atom is 0.325 e. The molecule has 1 saturated heterocycles. The molecule has 2 aromatic rings. The van der Waals surface area contributed by atoms with E-state index in [0.29, 0.717) is 13.1 Å². The smallest absolute Gasteiger partial charge is 0.325 e. The van der Waals surface area contributed by atoms with Gasteiger partial charge in [-0.2, -0.15) is 0 Å². The Morgan fingerprint density at radius 3 is 2.54 bits per heavy atom. The minimum Gasteiger partial charge on any atom is -0.480 e. The second kappa shape index (κ2) is 7.51. The van der Waals surface area contributed by atoms with Crippen molar-refractivity contribution in [3.8, 4) is 0 Å². The van der Waals surface area contributed by atoms with E-state index in [1.54, 1.807) is 24.4 Å². The van der Waals surface area contributed by atoms with Crippen LogP contribution in [-0.2, 0) is 11.3 Å². The first-order valence-corrected chi connectivity index (χ1v) is 7.97. The molecule has 6 heteroatoms. The summed E-state index contributed by atoms with van der Waals surface area (Å²) in [7, 11) is 0. The highest BCUT2D eigenvalue weighted by Crippen LogP contribution is 2.25. The highest BCUT2D eigenvalue weighted by Gasteiger charge is 2.31. The van der Waals surface area contributed by atoms with Gasteiger partial charge in [-0.05, 0) is 17.7 Å². The van der Waals surface area contributed by atoms with Crippen LogP contribution in [-0.4, -0.2) is 52.0 Å². The van der Waals surface area contributed by atoms with Gasteiger partial charge >= 0.3 is 5.97 Å². The van der Waals surface area contributed by atoms with Gasteiger partial charge in [0, 0.05) is 50.7 Å². The topological polar surface area (TPSA) is 56.7 Å². The number of carboxylic acids is 1. The predicted octanol–water partition coefficient (Wildman–Crippen LogP) is 2.16. The molecule has 3 rings (SSSR count). The van der Waals surface area contributed by atoms with Crippen LogP contribution in [0.5, 0.6) is 0 Å². The van der Waals surface area contributed by atoms with E-state index in [0.717, 1.165) is 25.2 Å². The Hall–Kier alpha value is -2.31. The van der Waals surface area contributed by atoms with E-state index < -0.39 is 17.8 Å². The molecule has 1 atom stereocenters. The van der Waals surface area contributed by atoms with Crippen LogP contribution in [0.2, 0.25) is 0 Å². The molecule has 126 valence electrons. The van der Waals surface area contributed by atoms with Gasteiger partial charge in [0.05, 0.1) is 0 Å². The summed E-state index contributed by atoms with van der Waals surface area (Å²) in [4.78, 5) is 19.9. The van der Waals surface area contributed by atoms with Crippen LogP contribution in [0, 0.1) is 5.82 Å². The van der Waals surface area contributed by atoms with Crippen molar-refractivity contribution in [1.82, 2.24) is 14.8 Å². The van der Waals surface area contributed by atoms with Crippen LogP contribution >= 0.6 is 0 Å². The zero-order valence-corrected chi connectivity index (χ0v) is 13.3. The molecule has 1 fully saturated rings. The third-order valence-electron chi connectivity index (χ3n) is 4.33. The standard InChI is InChI=1S/C18H20FN3O2/c19-16-6-2-1-5-15(16)17(18(23)24)22-10-8-21(9-11-22)13-14-4-3-7-20-12-14/h1-7,12,17H,8-11,13H2,(H,23,24)/t17-/m1/s1. The SMILES string of the molecule is O=C(O)[C@@H](c1ccccc1F)N1CCN(Cc2cccnc2)CC1. The summed E-state index contributed by atoms with van der Waals surface area (Å²) in [6, 6.07) is 9.10. The normalized spacial score (nSPS) is 17.5. The van der Waals surface area contributed by atoms with Crippen LogP contribution in [0.3, 0.4) is 0 Å². The van der Waals surface area contributed by atoms with Gasteiger partial charge in [0.1, 0.15) is 11.9 Å². The first kappa shape index (κ1) is 16.5. The van der Waals surface area contributed by atoms with Crippen LogP contribution < -0.4 is 0 Å². The number of halogens is 1. The lowest BCUT2D eigenvalue weighted by Crippen LogP contribution is -2.49. The molecule has 1 aliphatic heterocycles. The summed E-state index contributed by atoms with van der Waals surface area (Å²) >= 11 is 0. The molecule has 1 aliphatic rings. The lowest BCUT2D eigenvalue weighted by molar-refractivity contribution is -0.144. The molecular formula is C18H20FN3O2. The molecule has 5 nitrogen and oxygen atoms in total. The maximum absolute atomic E-state index is 14.0. The summed E-state index contributed by atoms with van der Waals surface area (Å²) < 4.78 is 14.0. The van der Waals surface area contributed by atoms with E-state index in [-0.39, 0.29) is 5.56 Å². The second-order valence-electron chi connectivity index (χ2n) is 5.94. The van der Waals surface area contributed by atoms with Gasteiger partial charge in [0.25, 0.3) is 0 Å². The van der Waals surface area contributed by atoms with Crippen molar-refractivity contribution in [2.75, 3.05) is 26.2 Å². The Bertz CT molecular complexity index is 688. The van der Waals surface area contributed by atoms with Crippen LogP contribution in [0.15, 0.2) is 48.8 Å². The molecule has 1 aromatic heterocycles. The highest BCUT2D eigenvalue weighted by molar-refractivity contribution is 5.75. The van der Waals surface area contributed by atoms with Crippen molar-refractivity contribution in [1.29, 1.82) is 0 Å². The second-order valence-corrected chi connectivity index (χ2v) is 5.94. The van der Waals surface area contributed by atoms with Crippen molar-refractivity contribution >= 4 is 5.97 Å². The Labute approximate surface area is 140 Å². The molecule has 1 N–H and O–H groups in total. The maximum atomic E-state index is 14.0. The number of rotatable bonds is 5. The van der Waals surface area contributed by atoms with Crippen LogP contribution in [0.4, 0.5) is 4.39 Å². The first-order chi connectivity index (χ1) is 11.6. The van der Waals surface area contributed by atoms with Crippen LogP contribution in [0.1, 0.15) is 17.2 Å². The molecule has 1 aromatic carbocycles. The van der Waals surface area contributed by atoms with Crippen molar-refractivity contribution in [3.05, 3.63) is 65.7 Å². The lowest BCUT2D eigenvalue weighted by Gasteiger charge is -2.37. The number of aliphatic carboxylic acids is 1. The van der Waals surface area contributed by atoms with Gasteiger partial charge in [-0.1, -0.05) is 24.3 Å². The summed E-state index contributed by atoms with van der Waals surface area (Å²) in [6.45, 7) is 3.45. The Morgan fingerprint density at radius 2 is 1.92 bits per heavy atom. The first-order valence-electron chi connectivity index (χ1n) is 7.97. The zero-order chi connectivity index (χ0) is 16.9. The fraction of sp³-hybridized carbons (Fsp3) is 0.333. The van der Waals surface area contributed by atoms with Gasteiger partial charge in [0.2, 0.25) is 0 Å². The van der Waals surface area contributed by atoms with Crippen LogP contribution in [0.25, 0.3) is 0 Å². The van der Waals surface area contributed by atoms with E-state index in [4.69, 9.17) is 0 Å². The molecule has 0 spiro atoms. The van der Waals surface area contributed by atoms with E-state index in [1.165, 1.54) is 6.07 Å². The summed E-state index contributed by atoms with van der Waals surface area (Å²) in [5.41, 5.74) is 1.36. The number of hydrogen-bond acceptors (Lipinski definition) is 4. The minimum atomic E-state index is -1.01. The molecular weight excluding hydrogens is 309 g/mol. The fourth-order valence-corrected chi connectivity index (χ4v) is 3.11. The quantitative estimate of drug-likeness (QED) is 0.911. The number of benzene rings is 1. The van der Waals surface area contributed by atoms with E-state index in [9.17, 15) is 14.3 Å². The molecule has 0 amide bonds. The van der Waals surface area contributed by atoms with Crippen molar-refractivity contribution < 1.29 is 14.3 Å². The van der Waals surface area contributed by atoms with E-state index in [2.05, 4.69) is 9.88 Å². The molecule has 2 heterocycles. The number of carboxylic acid groups (broad SMARTS) is 1. The molecule has 0 radical (unpaired) electrons. The van der Waals surface area contributed by atoms with Crippen molar-refractivity contribution in [2.24, 2.45) is 0 Å². The molecule has 24 heavy (non-hydrogen) atoms. The van der Waals surface area contributed by atoms with Gasteiger partial charge in [-0.15, -0.1) is 0 Å². The van der Waals surface area contributed by atoms with E-state index in [1.807, 2.05) is 23.2 Å². The Kier molecular flexibility index (Phi) is 5.17. The third-order valence-corrected chi connectivity index (χ3v) is 4.33. The fourth-order valence-electron chi connectivity index (χ4n) is 3.11. The summed E-state index contributed by atoms with van der Waals surface area (Å²) in [6.07, 6.45) is 3.58. The van der Waals surface area contributed by atoms with Crippen molar-refractivity contribution in [2.45, 2.75) is 12.6 Å². The average molecular weight is 329 g/mol. The average Bonchev–Trinajstić information content (AvgIpc) is 2.59. The highest BCUT2D eigenvalue weighted by atomic mass is 19.1. The molecule has 0 saturated carbocycles. The van der Waals surface area contributed by atoms with Crippen molar-refractivity contribution in [3.63, 3.8) is 0 Å². The third kappa shape index (κ3) is 3.77. The summed E-state index contributed by atoms with van der Waals surface area (Å²) in [5, 5.41) is 9.57. The number of aromatic nitrogens is 1. The molecule has 0 unspecified atom stereocenters. The minimum absolute atomic E-state index is 0.228. The van der Waals surface area contributed by atoms with Gasteiger partial charge < -0.3 is 5.11 Å². The Morgan fingerprint density at radius 1 is 1.17 bits per heavy atom. The molecule has 0 aliphatic carbocycles. The van der Waals surface area contributed by atoms with E-state index >= 15 is 0 Å². The summed E-state index contributed by atoms with van der Waals surface area (Å²) in [5.74, 6) is -1.48. The largest absolute Gasteiger partial charge is 0.480 e. The van der Waals surface area contributed by atoms with Gasteiger partial charge in [0.15, 0.2) is 0 Å². The monoisotopic (exact) mass is 329 g/mol. The zero-order valence-electron chi connectivity index (χ0n) is 13.3. The Balaban J connectivity index is 1.66. The molecule has 0 bridgehead atoms. The number of hydrogen-bond donors (Lipinski definition) is 1. The van der Waals surface area contributed by atoms with Gasteiger partial charge in [-0.3, -0.25) is 19.6 Å². The number of piperazine rings is 1. The predicted molar refractivity (Wildman–Crippen MR) is 87.9 cm³/mol.